The van der Waals surface area contributed by atoms with Gasteiger partial charge in [-0.3, -0.25) is 4.90 Å². The Morgan fingerprint density at radius 3 is 2.12 bits per heavy atom. The van der Waals surface area contributed by atoms with Crippen molar-refractivity contribution in [3.05, 3.63) is 0 Å². The molecule has 0 aromatic carbocycles. The van der Waals surface area contributed by atoms with Crippen LogP contribution in [0.2, 0.25) is 0 Å². The molecule has 2 aliphatic heterocycles. The van der Waals surface area contributed by atoms with Crippen LogP contribution in [0.3, 0.4) is 0 Å². The van der Waals surface area contributed by atoms with E-state index in [0.29, 0.717) is 0 Å². The van der Waals surface area contributed by atoms with Gasteiger partial charge in [0.05, 0.1) is 0 Å². The summed E-state index contributed by atoms with van der Waals surface area (Å²) in [6, 6.07) is 0.995. The normalized spacial score (nSPS) is 46.1. The fourth-order valence-electron chi connectivity index (χ4n) is 4.75. The molecule has 2 nitrogen and oxygen atoms in total. The van der Waals surface area contributed by atoms with Crippen molar-refractivity contribution < 1.29 is 0 Å². The minimum atomic E-state index is 0.779. The molecule has 4 fully saturated rings. The molecule has 4 aliphatic rings. The molecule has 1 spiro atoms. The van der Waals surface area contributed by atoms with Crippen LogP contribution in [0.25, 0.3) is 0 Å². The maximum Gasteiger partial charge on any atom is 0.0184 e. The highest BCUT2D eigenvalue weighted by atomic mass is 15.3. The third-order valence-electron chi connectivity index (χ3n) is 5.71. The predicted octanol–water partition coefficient (Wildman–Crippen LogP) is 1.86. The van der Waals surface area contributed by atoms with Gasteiger partial charge in [-0.2, -0.15) is 0 Å². The molecular weight excluding hydrogens is 196 g/mol. The Bertz CT molecular complexity index is 262. The van der Waals surface area contributed by atoms with Crippen molar-refractivity contribution in [3.8, 4) is 0 Å². The molecule has 16 heavy (non-hydrogen) atoms. The van der Waals surface area contributed by atoms with E-state index in [1.165, 1.54) is 64.7 Å². The van der Waals surface area contributed by atoms with Crippen LogP contribution in [0.4, 0.5) is 0 Å². The first-order valence-corrected chi connectivity index (χ1v) is 7.33. The summed E-state index contributed by atoms with van der Waals surface area (Å²) < 4.78 is 0. The zero-order valence-electron chi connectivity index (χ0n) is 10.3. The molecule has 0 radical (unpaired) electrons. The third kappa shape index (κ3) is 1.39. The lowest BCUT2D eigenvalue weighted by molar-refractivity contribution is -0.0250. The van der Waals surface area contributed by atoms with Crippen LogP contribution in [-0.2, 0) is 0 Å². The van der Waals surface area contributed by atoms with E-state index >= 15 is 0 Å². The standard InChI is InChI=1S/C14H24N2/c1-2-4-6-14(5-3-1)9-16(10-14)13-11-7-15-8-12(11)13/h11-13,15H,1-10H2. The molecule has 2 heterocycles. The number of fused-ring (bicyclic) bond motifs is 1. The van der Waals surface area contributed by atoms with Crippen LogP contribution >= 0.6 is 0 Å². The first kappa shape index (κ1) is 9.90. The number of rotatable bonds is 1. The van der Waals surface area contributed by atoms with Crippen LogP contribution in [0.5, 0.6) is 0 Å². The lowest BCUT2D eigenvalue weighted by Crippen LogP contribution is -2.58. The molecule has 0 aromatic heterocycles. The van der Waals surface area contributed by atoms with Gasteiger partial charge >= 0.3 is 0 Å². The molecule has 2 atom stereocenters. The molecule has 1 N–H and O–H groups in total. The number of hydrogen-bond acceptors (Lipinski definition) is 2. The highest BCUT2D eigenvalue weighted by Gasteiger charge is 2.60. The van der Waals surface area contributed by atoms with Crippen molar-refractivity contribution in [2.24, 2.45) is 17.3 Å². The Balaban J connectivity index is 1.36. The van der Waals surface area contributed by atoms with Gasteiger partial charge in [-0.05, 0) is 43.2 Å². The van der Waals surface area contributed by atoms with Gasteiger partial charge in [0.2, 0.25) is 0 Å². The second-order valence-electron chi connectivity index (χ2n) is 6.80. The number of nitrogens with zero attached hydrogens (tertiary/aromatic N) is 1. The number of hydrogen-bond donors (Lipinski definition) is 1. The zero-order chi connectivity index (χ0) is 10.6. The molecule has 2 heteroatoms. The summed E-state index contributed by atoms with van der Waals surface area (Å²) in [6.45, 7) is 5.51. The van der Waals surface area contributed by atoms with E-state index in [2.05, 4.69) is 10.2 Å². The van der Waals surface area contributed by atoms with E-state index < -0.39 is 0 Å². The van der Waals surface area contributed by atoms with Crippen molar-refractivity contribution in [1.29, 1.82) is 0 Å². The van der Waals surface area contributed by atoms with Gasteiger partial charge in [-0.1, -0.05) is 25.7 Å². The summed E-state index contributed by atoms with van der Waals surface area (Å²) in [7, 11) is 0. The average molecular weight is 220 g/mol. The number of nitrogens with one attached hydrogen (secondary N) is 1. The quantitative estimate of drug-likeness (QED) is 0.725. The Kier molecular flexibility index (Phi) is 2.14. The third-order valence-corrected chi connectivity index (χ3v) is 5.71. The molecule has 0 aromatic rings. The summed E-state index contributed by atoms with van der Waals surface area (Å²) in [5.74, 6) is 2.06. The van der Waals surface area contributed by atoms with E-state index in [9.17, 15) is 0 Å². The Morgan fingerprint density at radius 1 is 0.875 bits per heavy atom. The van der Waals surface area contributed by atoms with Gasteiger partial charge in [0.25, 0.3) is 0 Å². The molecule has 2 aliphatic carbocycles. The Morgan fingerprint density at radius 2 is 1.50 bits per heavy atom. The minimum Gasteiger partial charge on any atom is -0.316 e. The highest BCUT2D eigenvalue weighted by molar-refractivity contribution is 5.14. The molecule has 0 bridgehead atoms. The summed E-state index contributed by atoms with van der Waals surface area (Å²) in [5.41, 5.74) is 0.779. The zero-order valence-corrected chi connectivity index (χ0v) is 10.3. The monoisotopic (exact) mass is 220 g/mol. The SMILES string of the molecule is C1CCCC2(CC1)CN(C1C3CNCC31)C2. The lowest BCUT2D eigenvalue weighted by atomic mass is 9.73. The van der Waals surface area contributed by atoms with Gasteiger partial charge in [-0.25, -0.2) is 0 Å². The topological polar surface area (TPSA) is 15.3 Å². The smallest absolute Gasteiger partial charge is 0.0184 e. The first-order valence-electron chi connectivity index (χ1n) is 7.33. The minimum absolute atomic E-state index is 0.779. The van der Waals surface area contributed by atoms with Crippen LogP contribution in [0.1, 0.15) is 38.5 Å². The summed E-state index contributed by atoms with van der Waals surface area (Å²) in [5, 5.41) is 3.51. The van der Waals surface area contributed by atoms with Gasteiger partial charge in [0.1, 0.15) is 0 Å². The molecular formula is C14H24N2. The predicted molar refractivity (Wildman–Crippen MR) is 65.3 cm³/mol. The largest absolute Gasteiger partial charge is 0.316 e. The second-order valence-corrected chi connectivity index (χ2v) is 6.80. The van der Waals surface area contributed by atoms with Gasteiger partial charge in [0, 0.05) is 19.1 Å². The van der Waals surface area contributed by atoms with Crippen LogP contribution in [0, 0.1) is 17.3 Å². The van der Waals surface area contributed by atoms with E-state index in [1.54, 1.807) is 0 Å². The van der Waals surface area contributed by atoms with Crippen molar-refractivity contribution in [2.75, 3.05) is 26.2 Å². The van der Waals surface area contributed by atoms with Crippen molar-refractivity contribution >= 4 is 0 Å². The summed E-state index contributed by atoms with van der Waals surface area (Å²) in [4.78, 5) is 2.82. The summed E-state index contributed by atoms with van der Waals surface area (Å²) in [6.07, 6.45) is 9.08. The van der Waals surface area contributed by atoms with Crippen LogP contribution in [0.15, 0.2) is 0 Å². The van der Waals surface area contributed by atoms with Gasteiger partial charge < -0.3 is 5.32 Å². The van der Waals surface area contributed by atoms with Gasteiger partial charge in [0.15, 0.2) is 0 Å². The van der Waals surface area contributed by atoms with Crippen molar-refractivity contribution in [2.45, 2.75) is 44.6 Å². The highest BCUT2D eigenvalue weighted by Crippen LogP contribution is 2.52. The second kappa shape index (κ2) is 3.46. The number of likely N-dealkylation sites (tertiary alicyclic amines) is 1. The Hall–Kier alpha value is -0.0800. The fraction of sp³-hybridized carbons (Fsp3) is 1.00. The van der Waals surface area contributed by atoms with Crippen LogP contribution in [-0.4, -0.2) is 37.1 Å². The van der Waals surface area contributed by atoms with Crippen molar-refractivity contribution in [1.82, 2.24) is 10.2 Å². The summed E-state index contributed by atoms with van der Waals surface area (Å²) >= 11 is 0. The lowest BCUT2D eigenvalue weighted by Gasteiger charge is -2.51. The molecule has 90 valence electrons. The molecule has 2 saturated heterocycles. The maximum atomic E-state index is 3.51. The number of piperidine rings is 1. The first-order chi connectivity index (χ1) is 7.88. The molecule has 2 unspecified atom stereocenters. The van der Waals surface area contributed by atoms with Crippen molar-refractivity contribution in [3.63, 3.8) is 0 Å². The molecule has 0 amide bonds. The maximum absolute atomic E-state index is 3.51. The molecule has 2 saturated carbocycles. The van der Waals surface area contributed by atoms with Gasteiger partial charge in [-0.15, -0.1) is 0 Å². The van der Waals surface area contributed by atoms with E-state index in [-0.39, 0.29) is 0 Å². The Labute approximate surface area is 98.8 Å². The van der Waals surface area contributed by atoms with Crippen LogP contribution < -0.4 is 5.32 Å². The van der Waals surface area contributed by atoms with E-state index in [0.717, 1.165) is 23.3 Å². The fourth-order valence-corrected chi connectivity index (χ4v) is 4.75. The average Bonchev–Trinajstić information content (AvgIpc) is 2.81. The van der Waals surface area contributed by atoms with E-state index in [1.807, 2.05) is 0 Å². The molecule has 4 rings (SSSR count). The van der Waals surface area contributed by atoms with E-state index in [4.69, 9.17) is 0 Å².